The van der Waals surface area contributed by atoms with E-state index in [-0.39, 0.29) is 30.3 Å². The summed E-state index contributed by atoms with van der Waals surface area (Å²) < 4.78 is 5.61. The zero-order valence-corrected chi connectivity index (χ0v) is 14.0. The number of carbonyl (C=O) groups is 2. The van der Waals surface area contributed by atoms with Crippen molar-refractivity contribution in [2.75, 3.05) is 6.54 Å². The second-order valence-corrected chi connectivity index (χ2v) is 6.27. The summed E-state index contributed by atoms with van der Waals surface area (Å²) in [5, 5.41) is 5.63. The molecule has 126 valence electrons. The molecular weight excluding hydrogens is 294 g/mol. The van der Waals surface area contributed by atoms with Gasteiger partial charge in [-0.05, 0) is 32.3 Å². The largest absolute Gasteiger partial charge is 0.475 e. The van der Waals surface area contributed by atoms with E-state index in [1.165, 1.54) is 0 Å². The summed E-state index contributed by atoms with van der Waals surface area (Å²) in [4.78, 5) is 27.7. The maximum absolute atomic E-state index is 11.9. The third-order valence-electron chi connectivity index (χ3n) is 3.77. The first-order valence-electron chi connectivity index (χ1n) is 8.12. The molecule has 0 bridgehead atoms. The molecule has 2 amide bonds. The Hall–Kier alpha value is -2.11. The Morgan fingerprint density at radius 2 is 2.13 bits per heavy atom. The molecule has 0 spiro atoms. The van der Waals surface area contributed by atoms with Crippen molar-refractivity contribution in [2.45, 2.75) is 46.3 Å². The Kier molecular flexibility index (Phi) is 5.96. The number of hydrogen-bond acceptors (Lipinski definition) is 4. The van der Waals surface area contributed by atoms with E-state index >= 15 is 0 Å². The van der Waals surface area contributed by atoms with Crippen LogP contribution in [-0.2, 0) is 16.1 Å². The SMILES string of the molecule is CC(C)Oc1ncccc1CNC(=O)CCNC(=O)[C@@H]1C[C@@H]1C. The first kappa shape index (κ1) is 17.2. The van der Waals surface area contributed by atoms with E-state index in [1.807, 2.05) is 26.0 Å². The zero-order chi connectivity index (χ0) is 16.8. The topological polar surface area (TPSA) is 80.3 Å². The Morgan fingerprint density at radius 1 is 1.39 bits per heavy atom. The van der Waals surface area contributed by atoms with Gasteiger partial charge in [0, 0.05) is 37.2 Å². The minimum atomic E-state index is -0.103. The van der Waals surface area contributed by atoms with Gasteiger partial charge in [0.15, 0.2) is 0 Å². The van der Waals surface area contributed by atoms with Gasteiger partial charge in [-0.15, -0.1) is 0 Å². The second-order valence-electron chi connectivity index (χ2n) is 6.27. The van der Waals surface area contributed by atoms with Crippen LogP contribution < -0.4 is 15.4 Å². The molecule has 0 unspecified atom stereocenters. The van der Waals surface area contributed by atoms with Crippen molar-refractivity contribution < 1.29 is 14.3 Å². The lowest BCUT2D eigenvalue weighted by atomic mass is 10.2. The lowest BCUT2D eigenvalue weighted by Crippen LogP contribution is -2.31. The van der Waals surface area contributed by atoms with E-state index in [0.29, 0.717) is 24.9 Å². The smallest absolute Gasteiger partial charge is 0.223 e. The normalized spacial score (nSPS) is 19.3. The number of pyridine rings is 1. The van der Waals surface area contributed by atoms with E-state index in [2.05, 4.69) is 22.5 Å². The quantitative estimate of drug-likeness (QED) is 0.763. The molecule has 1 aromatic rings. The standard InChI is InChI=1S/C17H25N3O3/c1-11(2)23-17-13(5-4-7-19-17)10-20-15(21)6-8-18-16(22)14-9-12(14)3/h4-5,7,11-12,14H,6,8-10H2,1-3H3,(H,18,22)(H,20,21)/t12-,14+/m0/s1. The maximum atomic E-state index is 11.9. The highest BCUT2D eigenvalue weighted by molar-refractivity contribution is 5.82. The summed E-state index contributed by atoms with van der Waals surface area (Å²) >= 11 is 0. The predicted octanol–water partition coefficient (Wildman–Crippen LogP) is 1.65. The van der Waals surface area contributed by atoms with E-state index in [4.69, 9.17) is 4.74 Å². The van der Waals surface area contributed by atoms with Crippen LogP contribution >= 0.6 is 0 Å². The number of nitrogens with zero attached hydrogens (tertiary/aromatic N) is 1. The van der Waals surface area contributed by atoms with Gasteiger partial charge in [0.05, 0.1) is 6.10 Å². The highest BCUT2D eigenvalue weighted by Crippen LogP contribution is 2.37. The minimum absolute atomic E-state index is 0.0272. The van der Waals surface area contributed by atoms with Gasteiger partial charge in [0.1, 0.15) is 0 Å². The molecule has 0 radical (unpaired) electrons. The summed E-state index contributed by atoms with van der Waals surface area (Å²) in [6.45, 7) is 6.65. The number of amides is 2. The Bertz CT molecular complexity index is 560. The molecule has 1 heterocycles. The molecule has 2 rings (SSSR count). The third-order valence-corrected chi connectivity index (χ3v) is 3.77. The Morgan fingerprint density at radius 3 is 2.78 bits per heavy atom. The van der Waals surface area contributed by atoms with Crippen LogP contribution in [0.25, 0.3) is 0 Å². The summed E-state index contributed by atoms with van der Waals surface area (Å²) in [6.07, 6.45) is 2.92. The van der Waals surface area contributed by atoms with Crippen molar-refractivity contribution in [2.24, 2.45) is 11.8 Å². The monoisotopic (exact) mass is 319 g/mol. The van der Waals surface area contributed by atoms with Crippen molar-refractivity contribution in [3.05, 3.63) is 23.9 Å². The first-order valence-corrected chi connectivity index (χ1v) is 8.12. The molecule has 2 atom stereocenters. The molecule has 1 saturated carbocycles. The predicted molar refractivity (Wildman–Crippen MR) is 86.7 cm³/mol. The zero-order valence-electron chi connectivity index (χ0n) is 14.0. The number of hydrogen-bond donors (Lipinski definition) is 2. The Balaban J connectivity index is 1.71. The average molecular weight is 319 g/mol. The highest BCUT2D eigenvalue weighted by atomic mass is 16.5. The fourth-order valence-electron chi connectivity index (χ4n) is 2.29. The minimum Gasteiger partial charge on any atom is -0.475 e. The average Bonchev–Trinajstić information content (AvgIpc) is 3.23. The molecule has 6 nitrogen and oxygen atoms in total. The van der Waals surface area contributed by atoms with Crippen LogP contribution in [0.2, 0.25) is 0 Å². The number of nitrogens with one attached hydrogen (secondary N) is 2. The van der Waals surface area contributed by atoms with Crippen molar-refractivity contribution in [1.82, 2.24) is 15.6 Å². The molecule has 23 heavy (non-hydrogen) atoms. The van der Waals surface area contributed by atoms with Crippen LogP contribution in [-0.4, -0.2) is 29.4 Å². The molecule has 1 aliphatic carbocycles. The molecule has 0 saturated heterocycles. The molecule has 1 aromatic heterocycles. The van der Waals surface area contributed by atoms with Crippen molar-refractivity contribution in [3.63, 3.8) is 0 Å². The summed E-state index contributed by atoms with van der Waals surface area (Å²) in [7, 11) is 0. The van der Waals surface area contributed by atoms with Crippen molar-refractivity contribution in [3.8, 4) is 5.88 Å². The maximum Gasteiger partial charge on any atom is 0.223 e. The fourth-order valence-corrected chi connectivity index (χ4v) is 2.29. The van der Waals surface area contributed by atoms with Gasteiger partial charge in [0.2, 0.25) is 17.7 Å². The molecule has 1 aliphatic rings. The van der Waals surface area contributed by atoms with Gasteiger partial charge in [-0.3, -0.25) is 9.59 Å². The van der Waals surface area contributed by atoms with Gasteiger partial charge in [-0.25, -0.2) is 4.98 Å². The Labute approximate surface area is 137 Å². The summed E-state index contributed by atoms with van der Waals surface area (Å²) in [6, 6.07) is 3.69. The van der Waals surface area contributed by atoms with E-state index in [0.717, 1.165) is 12.0 Å². The molecule has 1 fully saturated rings. The van der Waals surface area contributed by atoms with Crippen LogP contribution in [0.5, 0.6) is 5.88 Å². The number of aromatic nitrogens is 1. The van der Waals surface area contributed by atoms with Crippen LogP contribution in [0.3, 0.4) is 0 Å². The first-order chi connectivity index (χ1) is 11.0. The van der Waals surface area contributed by atoms with E-state index < -0.39 is 0 Å². The molecule has 2 N–H and O–H groups in total. The third kappa shape index (κ3) is 5.54. The molecule has 0 aliphatic heterocycles. The van der Waals surface area contributed by atoms with Crippen LogP contribution in [0.4, 0.5) is 0 Å². The van der Waals surface area contributed by atoms with Crippen molar-refractivity contribution in [1.29, 1.82) is 0 Å². The molecule has 0 aromatic carbocycles. The van der Waals surface area contributed by atoms with Gasteiger partial charge >= 0.3 is 0 Å². The van der Waals surface area contributed by atoms with E-state index in [9.17, 15) is 9.59 Å². The number of ether oxygens (including phenoxy) is 1. The van der Waals surface area contributed by atoms with Gasteiger partial charge in [-0.2, -0.15) is 0 Å². The number of rotatable bonds is 8. The molecule has 6 heteroatoms. The summed E-state index contributed by atoms with van der Waals surface area (Å²) in [5.41, 5.74) is 0.838. The van der Waals surface area contributed by atoms with Crippen molar-refractivity contribution >= 4 is 11.8 Å². The lowest BCUT2D eigenvalue weighted by Gasteiger charge is -2.13. The van der Waals surface area contributed by atoms with Crippen LogP contribution in [0.15, 0.2) is 18.3 Å². The van der Waals surface area contributed by atoms with Gasteiger partial charge in [0.25, 0.3) is 0 Å². The highest BCUT2D eigenvalue weighted by Gasteiger charge is 2.38. The van der Waals surface area contributed by atoms with E-state index in [1.54, 1.807) is 6.20 Å². The summed E-state index contributed by atoms with van der Waals surface area (Å²) in [5.74, 6) is 1.12. The van der Waals surface area contributed by atoms with Gasteiger partial charge < -0.3 is 15.4 Å². The lowest BCUT2D eigenvalue weighted by molar-refractivity contribution is -0.123. The number of carbonyl (C=O) groups excluding carboxylic acids is 2. The second kappa shape index (κ2) is 7.94. The molecular formula is C17H25N3O3. The van der Waals surface area contributed by atoms with Gasteiger partial charge in [-0.1, -0.05) is 13.0 Å². The fraction of sp³-hybridized carbons (Fsp3) is 0.588. The van der Waals surface area contributed by atoms with Crippen LogP contribution in [0, 0.1) is 11.8 Å². The van der Waals surface area contributed by atoms with Crippen LogP contribution in [0.1, 0.15) is 39.2 Å².